The standard InChI is InChI=1S/C23H24FN3O4.H2/c1-30-20-12-18-19(25-14-17-7-3-9-27(17)23(18)29)13-21(20)31-10-4-8-22(28)26-16-6-2-5-15(24)11-16;/h2,5-6,11-14,17H,3-4,7-10H2,1H3,(H,26,28);1H. The predicted molar refractivity (Wildman–Crippen MR) is 117 cm³/mol. The minimum atomic E-state index is -0.405. The van der Waals surface area contributed by atoms with Crippen LogP contribution in [0.1, 0.15) is 37.5 Å². The lowest BCUT2D eigenvalue weighted by Crippen LogP contribution is -2.35. The minimum absolute atomic E-state index is 0. The molecule has 164 valence electrons. The lowest BCUT2D eigenvalue weighted by atomic mass is 10.1. The maximum Gasteiger partial charge on any atom is 0.256 e. The van der Waals surface area contributed by atoms with Crippen molar-refractivity contribution in [2.75, 3.05) is 25.6 Å². The minimum Gasteiger partial charge on any atom is -0.493 e. The molecule has 2 aromatic rings. The van der Waals surface area contributed by atoms with Crippen LogP contribution in [0.3, 0.4) is 0 Å². The van der Waals surface area contributed by atoms with E-state index in [2.05, 4.69) is 10.3 Å². The van der Waals surface area contributed by atoms with Crippen LogP contribution in [0.2, 0.25) is 0 Å². The molecule has 0 radical (unpaired) electrons. The first-order valence-corrected chi connectivity index (χ1v) is 10.3. The number of carbonyl (C=O) groups is 2. The molecule has 1 atom stereocenters. The Balaban J connectivity index is 0.00000289. The molecule has 0 spiro atoms. The van der Waals surface area contributed by atoms with Gasteiger partial charge >= 0.3 is 0 Å². The molecule has 0 aromatic heterocycles. The maximum atomic E-state index is 13.2. The molecule has 2 aliphatic heterocycles. The van der Waals surface area contributed by atoms with Crippen LogP contribution in [0.4, 0.5) is 15.8 Å². The monoisotopic (exact) mass is 427 g/mol. The van der Waals surface area contributed by atoms with Crippen LogP contribution in [0.15, 0.2) is 41.4 Å². The highest BCUT2D eigenvalue weighted by Crippen LogP contribution is 2.38. The van der Waals surface area contributed by atoms with Crippen LogP contribution in [-0.4, -0.2) is 49.2 Å². The smallest absolute Gasteiger partial charge is 0.256 e. The zero-order valence-corrected chi connectivity index (χ0v) is 17.3. The summed E-state index contributed by atoms with van der Waals surface area (Å²) in [7, 11) is 1.52. The Kier molecular flexibility index (Phi) is 6.16. The number of anilines is 1. The summed E-state index contributed by atoms with van der Waals surface area (Å²) in [6.07, 6.45) is 4.39. The van der Waals surface area contributed by atoms with Gasteiger partial charge in [0.1, 0.15) is 5.82 Å². The van der Waals surface area contributed by atoms with E-state index in [1.54, 1.807) is 18.2 Å². The average Bonchev–Trinajstić information content (AvgIpc) is 3.18. The fourth-order valence-electron chi connectivity index (χ4n) is 3.82. The van der Waals surface area contributed by atoms with Gasteiger partial charge in [-0.2, -0.15) is 0 Å². The van der Waals surface area contributed by atoms with Crippen molar-refractivity contribution in [3.63, 3.8) is 0 Å². The van der Waals surface area contributed by atoms with Gasteiger partial charge in [0, 0.05) is 32.4 Å². The summed E-state index contributed by atoms with van der Waals surface area (Å²) in [5.41, 5.74) is 1.47. The first-order chi connectivity index (χ1) is 15.0. The van der Waals surface area contributed by atoms with E-state index in [1.165, 1.54) is 25.3 Å². The van der Waals surface area contributed by atoms with Crippen molar-refractivity contribution in [1.82, 2.24) is 4.90 Å². The number of nitrogens with one attached hydrogen (secondary N) is 1. The van der Waals surface area contributed by atoms with Gasteiger partial charge in [-0.25, -0.2) is 4.39 Å². The summed E-state index contributed by atoms with van der Waals surface area (Å²) in [5.74, 6) is 0.244. The van der Waals surface area contributed by atoms with Crippen LogP contribution in [0.5, 0.6) is 11.5 Å². The van der Waals surface area contributed by atoms with Crippen molar-refractivity contribution in [3.8, 4) is 11.5 Å². The number of halogens is 1. The number of ether oxygens (including phenoxy) is 2. The molecular formula is C23H26FN3O4. The lowest BCUT2D eigenvalue weighted by Gasteiger charge is -2.20. The molecule has 8 heteroatoms. The summed E-state index contributed by atoms with van der Waals surface area (Å²) in [4.78, 5) is 31.3. The van der Waals surface area contributed by atoms with Crippen molar-refractivity contribution in [3.05, 3.63) is 47.8 Å². The van der Waals surface area contributed by atoms with Crippen LogP contribution in [0, 0.1) is 5.82 Å². The van der Waals surface area contributed by atoms with Gasteiger partial charge in [0.25, 0.3) is 5.91 Å². The second kappa shape index (κ2) is 9.16. The topological polar surface area (TPSA) is 80.2 Å². The van der Waals surface area contributed by atoms with Gasteiger partial charge in [-0.1, -0.05) is 6.07 Å². The molecule has 2 heterocycles. The summed E-state index contributed by atoms with van der Waals surface area (Å²) < 4.78 is 24.4. The predicted octanol–water partition coefficient (Wildman–Crippen LogP) is 4.20. The molecule has 1 unspecified atom stereocenters. The van der Waals surface area contributed by atoms with E-state index in [1.807, 2.05) is 11.1 Å². The van der Waals surface area contributed by atoms with E-state index in [0.717, 1.165) is 19.4 Å². The lowest BCUT2D eigenvalue weighted by molar-refractivity contribution is -0.116. The summed E-state index contributed by atoms with van der Waals surface area (Å²) in [6.45, 7) is 1.01. The number of benzene rings is 2. The molecule has 7 nitrogen and oxygen atoms in total. The zero-order chi connectivity index (χ0) is 21.8. The largest absolute Gasteiger partial charge is 0.493 e. The first-order valence-electron chi connectivity index (χ1n) is 10.3. The second-order valence-corrected chi connectivity index (χ2v) is 7.52. The highest BCUT2D eigenvalue weighted by Gasteiger charge is 2.32. The third-order valence-corrected chi connectivity index (χ3v) is 5.37. The van der Waals surface area contributed by atoms with Crippen LogP contribution in [0.25, 0.3) is 0 Å². The van der Waals surface area contributed by atoms with Crippen LogP contribution < -0.4 is 14.8 Å². The third kappa shape index (κ3) is 4.68. The normalized spacial score (nSPS) is 17.0. The molecule has 2 aromatic carbocycles. The molecule has 0 saturated carbocycles. The Bertz CT molecular complexity index is 1030. The molecule has 1 N–H and O–H groups in total. The molecule has 1 fully saturated rings. The van der Waals surface area contributed by atoms with E-state index in [-0.39, 0.29) is 32.3 Å². The van der Waals surface area contributed by atoms with Gasteiger partial charge in [-0.15, -0.1) is 0 Å². The van der Waals surface area contributed by atoms with Crippen LogP contribution in [-0.2, 0) is 4.79 Å². The van der Waals surface area contributed by atoms with E-state index in [0.29, 0.717) is 34.9 Å². The number of methoxy groups -OCH3 is 1. The quantitative estimate of drug-likeness (QED) is 0.672. The number of rotatable bonds is 7. The Hall–Kier alpha value is -3.42. The number of hydrogen-bond acceptors (Lipinski definition) is 5. The first kappa shape index (κ1) is 20.8. The van der Waals surface area contributed by atoms with E-state index in [9.17, 15) is 14.0 Å². The van der Waals surface area contributed by atoms with E-state index < -0.39 is 5.82 Å². The third-order valence-electron chi connectivity index (χ3n) is 5.37. The number of aliphatic imine (C=N–C) groups is 1. The molecule has 2 aliphatic rings. The van der Waals surface area contributed by atoms with Crippen molar-refractivity contribution >= 4 is 29.4 Å². The zero-order valence-electron chi connectivity index (χ0n) is 17.3. The molecule has 2 amide bonds. The number of nitrogens with zero attached hydrogens (tertiary/aromatic N) is 2. The van der Waals surface area contributed by atoms with Crippen molar-refractivity contribution < 1.29 is 24.9 Å². The molecule has 0 bridgehead atoms. The molecule has 1 saturated heterocycles. The SMILES string of the molecule is COc1cc2c(cc1OCCCC(=O)Nc1cccc(F)c1)N=CC1CCCN1C2=O.[HH]. The van der Waals surface area contributed by atoms with E-state index >= 15 is 0 Å². The van der Waals surface area contributed by atoms with Crippen molar-refractivity contribution in [1.29, 1.82) is 0 Å². The Labute approximate surface area is 181 Å². The van der Waals surface area contributed by atoms with Gasteiger partial charge in [-0.3, -0.25) is 14.6 Å². The number of fused-ring (bicyclic) bond motifs is 2. The van der Waals surface area contributed by atoms with Crippen LogP contribution >= 0.6 is 0 Å². The molecule has 0 aliphatic carbocycles. The molecule has 31 heavy (non-hydrogen) atoms. The number of hydrogen-bond donors (Lipinski definition) is 1. The average molecular weight is 427 g/mol. The van der Waals surface area contributed by atoms with E-state index in [4.69, 9.17) is 9.47 Å². The Morgan fingerprint density at radius 3 is 3.00 bits per heavy atom. The van der Waals surface area contributed by atoms with Gasteiger partial charge in [0.2, 0.25) is 5.91 Å². The number of amides is 2. The number of carbonyl (C=O) groups excluding carboxylic acids is 2. The fourth-order valence-corrected chi connectivity index (χ4v) is 3.82. The summed E-state index contributed by atoms with van der Waals surface area (Å²) >= 11 is 0. The van der Waals surface area contributed by atoms with Gasteiger partial charge in [0.15, 0.2) is 11.5 Å². The Morgan fingerprint density at radius 2 is 2.19 bits per heavy atom. The highest BCUT2D eigenvalue weighted by molar-refractivity contribution is 6.03. The summed E-state index contributed by atoms with van der Waals surface area (Å²) in [6, 6.07) is 9.16. The second-order valence-electron chi connectivity index (χ2n) is 7.52. The van der Waals surface area contributed by atoms with Crippen molar-refractivity contribution in [2.45, 2.75) is 31.7 Å². The Morgan fingerprint density at radius 1 is 1.32 bits per heavy atom. The van der Waals surface area contributed by atoms with Gasteiger partial charge in [-0.05, 0) is 43.5 Å². The highest BCUT2D eigenvalue weighted by atomic mass is 19.1. The van der Waals surface area contributed by atoms with Crippen molar-refractivity contribution in [2.24, 2.45) is 4.99 Å². The maximum absolute atomic E-state index is 13.2. The molecule has 4 rings (SSSR count). The fraction of sp³-hybridized carbons (Fsp3) is 0.348. The van der Waals surface area contributed by atoms with Gasteiger partial charge < -0.3 is 19.7 Å². The molecular weight excluding hydrogens is 401 g/mol. The van der Waals surface area contributed by atoms with Gasteiger partial charge in [0.05, 0.1) is 31.0 Å². The summed E-state index contributed by atoms with van der Waals surface area (Å²) in [5, 5.41) is 2.66.